The van der Waals surface area contributed by atoms with Gasteiger partial charge in [-0.2, -0.15) is 0 Å². The van der Waals surface area contributed by atoms with E-state index < -0.39 is 31.1 Å². The van der Waals surface area contributed by atoms with Crippen LogP contribution in [0.25, 0.3) is 0 Å². The molecule has 0 aliphatic carbocycles. The molecule has 0 saturated carbocycles. The summed E-state index contributed by atoms with van der Waals surface area (Å²) in [5.41, 5.74) is 0. The van der Waals surface area contributed by atoms with Gasteiger partial charge in [-0.1, -0.05) is 0 Å². The van der Waals surface area contributed by atoms with Gasteiger partial charge in [0.15, 0.2) is 22.7 Å². The van der Waals surface area contributed by atoms with E-state index in [4.69, 9.17) is 13.3 Å². The van der Waals surface area contributed by atoms with Gasteiger partial charge in [0.05, 0.1) is 6.10 Å². The molecule has 0 rings (SSSR count). The first-order valence-corrected chi connectivity index (χ1v) is 17.4. The molecule has 0 aromatic heterocycles. The molecule has 20 heavy (non-hydrogen) atoms. The average molecular weight is 337 g/mol. The average Bonchev–Trinajstić information content (AvgIpc) is 2.06. The van der Waals surface area contributed by atoms with Crippen LogP contribution in [0.5, 0.6) is 0 Å². The summed E-state index contributed by atoms with van der Waals surface area (Å²) in [6.45, 7) is 20.5. The molecule has 0 N–H and O–H groups in total. The van der Waals surface area contributed by atoms with Gasteiger partial charge < -0.3 is 13.3 Å². The molecule has 0 spiro atoms. The van der Waals surface area contributed by atoms with Crippen molar-refractivity contribution in [2.24, 2.45) is 0 Å². The van der Waals surface area contributed by atoms with Crippen molar-refractivity contribution in [3.8, 4) is 0 Å². The SMILES string of the molecule is C[C@@H](O[Si](C)(C)C)[C@H](O[Si](C)(C)C)C(=O)O[Si](C)(C)C. The molecule has 4 nitrogen and oxygen atoms in total. The maximum absolute atomic E-state index is 12.4. The third-order valence-corrected chi connectivity index (χ3v) is 4.94. The predicted molar refractivity (Wildman–Crippen MR) is 91.6 cm³/mol. The standard InChI is InChI=1S/C13H32O4Si3/c1-11(15-18(2,3)4)12(16-19(5,6)7)13(14)17-20(8,9)10/h11-12H,1-10H3/t11-,12+/m1/s1. The van der Waals surface area contributed by atoms with Gasteiger partial charge in [-0.3, -0.25) is 4.79 Å². The van der Waals surface area contributed by atoms with Gasteiger partial charge in [0.25, 0.3) is 0 Å². The number of hydrogen-bond acceptors (Lipinski definition) is 4. The van der Waals surface area contributed by atoms with Gasteiger partial charge >= 0.3 is 5.97 Å². The molecule has 2 atom stereocenters. The third kappa shape index (κ3) is 9.87. The van der Waals surface area contributed by atoms with E-state index in [9.17, 15) is 4.79 Å². The Morgan fingerprint density at radius 1 is 0.750 bits per heavy atom. The Labute approximate surface area is 127 Å². The summed E-state index contributed by atoms with van der Waals surface area (Å²) >= 11 is 0. The first kappa shape index (κ1) is 20.0. The van der Waals surface area contributed by atoms with E-state index in [1.165, 1.54) is 0 Å². The Morgan fingerprint density at radius 3 is 1.45 bits per heavy atom. The second-order valence-corrected chi connectivity index (χ2v) is 21.5. The zero-order valence-electron chi connectivity index (χ0n) is 14.8. The molecule has 0 unspecified atom stereocenters. The highest BCUT2D eigenvalue weighted by atomic mass is 28.4. The van der Waals surface area contributed by atoms with Crippen molar-refractivity contribution < 1.29 is 18.1 Å². The number of hydrogen-bond donors (Lipinski definition) is 0. The molecule has 0 aliphatic heterocycles. The van der Waals surface area contributed by atoms with Crippen molar-refractivity contribution in [2.45, 2.75) is 78.1 Å². The molecular formula is C13H32O4Si3. The van der Waals surface area contributed by atoms with Gasteiger partial charge in [-0.05, 0) is 65.8 Å². The summed E-state index contributed by atoms with van der Waals surface area (Å²) in [6.07, 6.45) is -0.877. The summed E-state index contributed by atoms with van der Waals surface area (Å²) in [7, 11) is -5.49. The van der Waals surface area contributed by atoms with Crippen molar-refractivity contribution in [1.29, 1.82) is 0 Å². The molecule has 0 aromatic rings. The highest BCUT2D eigenvalue weighted by molar-refractivity contribution is 6.72. The van der Waals surface area contributed by atoms with Gasteiger partial charge in [0.2, 0.25) is 8.32 Å². The summed E-state index contributed by atoms with van der Waals surface area (Å²) in [5, 5.41) is 0. The molecule has 0 bridgehead atoms. The second-order valence-electron chi connectivity index (χ2n) is 8.12. The minimum atomic E-state index is -1.92. The van der Waals surface area contributed by atoms with Gasteiger partial charge in [-0.15, -0.1) is 0 Å². The monoisotopic (exact) mass is 336 g/mol. The van der Waals surface area contributed by atoms with E-state index >= 15 is 0 Å². The van der Waals surface area contributed by atoms with Crippen LogP contribution in [0, 0.1) is 0 Å². The van der Waals surface area contributed by atoms with Crippen LogP contribution < -0.4 is 0 Å². The smallest absolute Gasteiger partial charge is 0.323 e. The van der Waals surface area contributed by atoms with Gasteiger partial charge in [0.1, 0.15) is 0 Å². The molecule has 0 amide bonds. The van der Waals surface area contributed by atoms with Crippen LogP contribution in [-0.2, 0) is 18.1 Å². The number of carbonyl (C=O) groups excluding carboxylic acids is 1. The zero-order chi connectivity index (χ0) is 16.4. The Kier molecular flexibility index (Phi) is 6.88. The Balaban J connectivity index is 5.03. The Bertz CT molecular complexity index is 326. The van der Waals surface area contributed by atoms with Gasteiger partial charge in [-0.25, -0.2) is 0 Å². The molecule has 0 heterocycles. The summed E-state index contributed by atoms with van der Waals surface area (Å²) in [5.74, 6) is -0.266. The van der Waals surface area contributed by atoms with E-state index in [0.717, 1.165) is 0 Å². The second kappa shape index (κ2) is 6.87. The highest BCUT2D eigenvalue weighted by Gasteiger charge is 2.37. The normalized spacial score (nSPS) is 16.7. The van der Waals surface area contributed by atoms with Crippen molar-refractivity contribution in [1.82, 2.24) is 0 Å². The molecule has 0 fully saturated rings. The van der Waals surface area contributed by atoms with Crippen LogP contribution >= 0.6 is 0 Å². The van der Waals surface area contributed by atoms with Crippen LogP contribution in [-0.4, -0.2) is 43.1 Å². The first-order valence-electron chi connectivity index (χ1n) is 7.19. The minimum Gasteiger partial charge on any atom is -0.518 e. The highest BCUT2D eigenvalue weighted by Crippen LogP contribution is 2.19. The Morgan fingerprint density at radius 2 is 1.15 bits per heavy atom. The van der Waals surface area contributed by atoms with E-state index in [0.29, 0.717) is 0 Å². The molecule has 0 saturated heterocycles. The fraction of sp³-hybridized carbons (Fsp3) is 0.923. The van der Waals surface area contributed by atoms with Crippen LogP contribution in [0.1, 0.15) is 6.92 Å². The topological polar surface area (TPSA) is 44.8 Å². The predicted octanol–water partition coefficient (Wildman–Crippen LogP) is 3.82. The van der Waals surface area contributed by atoms with Crippen LogP contribution in [0.15, 0.2) is 0 Å². The molecule has 0 radical (unpaired) electrons. The largest absolute Gasteiger partial charge is 0.518 e. The lowest BCUT2D eigenvalue weighted by Gasteiger charge is -2.34. The van der Waals surface area contributed by atoms with Crippen molar-refractivity contribution in [3.05, 3.63) is 0 Å². The quantitative estimate of drug-likeness (QED) is 0.663. The van der Waals surface area contributed by atoms with E-state index in [1.807, 2.05) is 26.6 Å². The third-order valence-electron chi connectivity index (χ3n) is 2.09. The van der Waals surface area contributed by atoms with Crippen LogP contribution in [0.2, 0.25) is 58.9 Å². The molecule has 0 aliphatic rings. The van der Waals surface area contributed by atoms with Crippen molar-refractivity contribution in [2.75, 3.05) is 0 Å². The zero-order valence-corrected chi connectivity index (χ0v) is 17.8. The van der Waals surface area contributed by atoms with Crippen molar-refractivity contribution in [3.63, 3.8) is 0 Å². The van der Waals surface area contributed by atoms with Crippen LogP contribution in [0.3, 0.4) is 0 Å². The van der Waals surface area contributed by atoms with Crippen molar-refractivity contribution >= 4 is 30.9 Å². The lowest BCUT2D eigenvalue weighted by Crippen LogP contribution is -2.49. The summed E-state index contributed by atoms with van der Waals surface area (Å²) < 4.78 is 17.7. The van der Waals surface area contributed by atoms with Gasteiger partial charge in [0, 0.05) is 0 Å². The summed E-state index contributed by atoms with van der Waals surface area (Å²) in [4.78, 5) is 12.4. The molecule has 0 aromatic carbocycles. The van der Waals surface area contributed by atoms with E-state index in [-0.39, 0.29) is 12.1 Å². The number of rotatable bonds is 7. The lowest BCUT2D eigenvalue weighted by atomic mass is 10.2. The molecule has 120 valence electrons. The van der Waals surface area contributed by atoms with Crippen LogP contribution in [0.4, 0.5) is 0 Å². The Hall–Kier alpha value is 0.0406. The lowest BCUT2D eigenvalue weighted by molar-refractivity contribution is -0.147. The first-order chi connectivity index (χ1) is 8.61. The maximum Gasteiger partial charge on any atom is 0.323 e. The fourth-order valence-electron chi connectivity index (χ4n) is 1.70. The fourth-order valence-corrected chi connectivity index (χ4v) is 4.70. The maximum atomic E-state index is 12.4. The minimum absolute atomic E-state index is 0.266. The molecular weight excluding hydrogens is 304 g/mol. The molecule has 7 heteroatoms. The van der Waals surface area contributed by atoms with E-state index in [2.05, 4.69) is 39.3 Å². The van der Waals surface area contributed by atoms with E-state index in [1.54, 1.807) is 0 Å². The summed E-state index contributed by atoms with van der Waals surface area (Å²) in [6, 6.07) is 0. The number of carbonyl (C=O) groups is 1.